The molecule has 156 valence electrons. The van der Waals surface area contributed by atoms with E-state index in [2.05, 4.69) is 36.4 Å². The number of anilines is 2. The Balaban J connectivity index is 2.51. The molecule has 2 rings (SSSR count). The highest BCUT2D eigenvalue weighted by Crippen LogP contribution is 2.36. The summed E-state index contributed by atoms with van der Waals surface area (Å²) in [4.78, 5) is 24.5. The maximum Gasteiger partial charge on any atom is 0.272 e. The molecule has 1 amide bonds. The lowest BCUT2D eigenvalue weighted by Crippen LogP contribution is -2.22. The third-order valence-corrected chi connectivity index (χ3v) is 4.95. The number of halogens is 1. The van der Waals surface area contributed by atoms with Crippen molar-refractivity contribution < 1.29 is 9.72 Å². The van der Waals surface area contributed by atoms with Gasteiger partial charge in [0.2, 0.25) is 5.91 Å². The second-order valence-corrected chi connectivity index (χ2v) is 7.02. The molecule has 0 fully saturated rings. The predicted octanol–water partition coefficient (Wildman–Crippen LogP) is 5.84. The summed E-state index contributed by atoms with van der Waals surface area (Å²) in [7, 11) is 0. The van der Waals surface area contributed by atoms with E-state index in [1.807, 2.05) is 32.0 Å². The molecule has 0 radical (unpaired) electrons. The number of carbonyl (C=O) groups excluding carboxylic acids is 1. The fourth-order valence-corrected chi connectivity index (χ4v) is 3.24. The summed E-state index contributed by atoms with van der Waals surface area (Å²) in [5, 5.41) is 31.5. The Bertz CT molecular complexity index is 1030. The molecule has 0 spiro atoms. The first-order chi connectivity index (χ1) is 14.3. The summed E-state index contributed by atoms with van der Waals surface area (Å²) in [5.74, 6) is -0.169. The Morgan fingerprint density at radius 2 is 1.93 bits per heavy atom. The zero-order valence-electron chi connectivity index (χ0n) is 16.8. The van der Waals surface area contributed by atoms with Crippen LogP contribution in [0.1, 0.15) is 32.8 Å². The summed E-state index contributed by atoms with van der Waals surface area (Å²) in [6.07, 6.45) is 0.304. The highest BCUT2D eigenvalue weighted by Gasteiger charge is 2.16. The van der Waals surface area contributed by atoms with E-state index < -0.39 is 4.92 Å². The van der Waals surface area contributed by atoms with Crippen LogP contribution >= 0.6 is 15.9 Å². The fraction of sp³-hybridized carbons (Fsp3) is 0.300. The number of nitrogens with one attached hydrogen (secondary N) is 1. The summed E-state index contributed by atoms with van der Waals surface area (Å²) in [5.41, 5.74) is 1.78. The third kappa shape index (κ3) is 5.39. The van der Waals surface area contributed by atoms with Crippen LogP contribution in [-0.2, 0) is 4.79 Å². The van der Waals surface area contributed by atoms with E-state index >= 15 is 0 Å². The van der Waals surface area contributed by atoms with Crippen molar-refractivity contribution in [3.8, 4) is 6.07 Å². The average molecular weight is 473 g/mol. The molecule has 0 aliphatic carbocycles. The number of hydrogen-bond donors (Lipinski definition) is 1. The van der Waals surface area contributed by atoms with Gasteiger partial charge >= 0.3 is 0 Å². The molecule has 0 aliphatic rings. The summed E-state index contributed by atoms with van der Waals surface area (Å²) >= 11 is 3.21. The van der Waals surface area contributed by atoms with Crippen LogP contribution in [0.5, 0.6) is 0 Å². The Kier molecular flexibility index (Phi) is 8.00. The van der Waals surface area contributed by atoms with Crippen LogP contribution in [0.2, 0.25) is 0 Å². The lowest BCUT2D eigenvalue weighted by molar-refractivity contribution is -0.384. The van der Waals surface area contributed by atoms with Crippen molar-refractivity contribution in [3.63, 3.8) is 0 Å². The predicted molar refractivity (Wildman–Crippen MR) is 119 cm³/mol. The van der Waals surface area contributed by atoms with Crippen molar-refractivity contribution in [1.29, 1.82) is 5.26 Å². The molecule has 2 aromatic carbocycles. The highest BCUT2D eigenvalue weighted by atomic mass is 79.9. The summed E-state index contributed by atoms with van der Waals surface area (Å²) < 4.78 is 0.274. The molecule has 0 unspecified atom stereocenters. The molecule has 9 nitrogen and oxygen atoms in total. The van der Waals surface area contributed by atoms with Crippen LogP contribution < -0.4 is 10.2 Å². The molecule has 0 saturated carbocycles. The van der Waals surface area contributed by atoms with Crippen molar-refractivity contribution in [1.82, 2.24) is 0 Å². The Morgan fingerprint density at radius 1 is 1.23 bits per heavy atom. The zero-order chi connectivity index (χ0) is 22.3. The van der Waals surface area contributed by atoms with Gasteiger partial charge in [-0.25, -0.2) is 0 Å². The van der Waals surface area contributed by atoms with E-state index in [1.54, 1.807) is 13.0 Å². The Hall–Kier alpha value is -3.32. The minimum atomic E-state index is -0.586. The molecule has 10 heteroatoms. The minimum Gasteiger partial charge on any atom is -0.372 e. The molecule has 0 aliphatic heterocycles. The van der Waals surface area contributed by atoms with Crippen molar-refractivity contribution >= 4 is 50.3 Å². The summed E-state index contributed by atoms with van der Waals surface area (Å²) in [6, 6.07) is 9.73. The first-order valence-electron chi connectivity index (χ1n) is 9.33. The fourth-order valence-electron chi connectivity index (χ4n) is 2.72. The smallest absolute Gasteiger partial charge is 0.272 e. The number of nitriles is 1. The standard InChI is InChI=1S/C20H21BrN6O3/c1-4-19(28)23-18-11-14(26(5-2)6-3)7-8-17(18)24-25-20-13(12-22)9-15(27(29)30)10-16(20)21/h7-11H,4-6H2,1-3H3,(H,23,28). The van der Waals surface area contributed by atoms with E-state index in [-0.39, 0.29) is 27.3 Å². The molecule has 30 heavy (non-hydrogen) atoms. The number of azo groups is 1. The van der Waals surface area contributed by atoms with Gasteiger partial charge in [-0.1, -0.05) is 6.92 Å². The number of amides is 1. The van der Waals surface area contributed by atoms with Gasteiger partial charge in [-0.05, 0) is 48.0 Å². The van der Waals surface area contributed by atoms with Crippen molar-refractivity contribution in [2.75, 3.05) is 23.3 Å². The Morgan fingerprint density at radius 3 is 2.50 bits per heavy atom. The van der Waals surface area contributed by atoms with Crippen LogP contribution in [-0.4, -0.2) is 23.9 Å². The number of rotatable bonds is 8. The molecule has 2 aromatic rings. The Labute approximate surface area is 182 Å². The van der Waals surface area contributed by atoms with Gasteiger partial charge in [0.25, 0.3) is 5.69 Å². The number of nitrogens with zero attached hydrogens (tertiary/aromatic N) is 5. The topological polar surface area (TPSA) is 124 Å². The quantitative estimate of drug-likeness (QED) is 0.293. The number of benzene rings is 2. The number of nitro benzene ring substituents is 1. The van der Waals surface area contributed by atoms with Gasteiger partial charge in [0.15, 0.2) is 0 Å². The highest BCUT2D eigenvalue weighted by molar-refractivity contribution is 9.10. The monoisotopic (exact) mass is 472 g/mol. The van der Waals surface area contributed by atoms with Gasteiger partial charge in [-0.2, -0.15) is 5.26 Å². The maximum absolute atomic E-state index is 12.0. The van der Waals surface area contributed by atoms with Gasteiger partial charge in [0.05, 0.1) is 20.6 Å². The van der Waals surface area contributed by atoms with Gasteiger partial charge in [-0.3, -0.25) is 14.9 Å². The van der Waals surface area contributed by atoms with E-state index in [0.717, 1.165) is 24.8 Å². The van der Waals surface area contributed by atoms with Crippen molar-refractivity contribution in [3.05, 3.63) is 50.5 Å². The number of nitro groups is 1. The lowest BCUT2D eigenvalue weighted by Gasteiger charge is -2.22. The zero-order valence-corrected chi connectivity index (χ0v) is 18.4. The molecule has 0 aromatic heterocycles. The van der Waals surface area contributed by atoms with Crippen LogP contribution in [0.3, 0.4) is 0 Å². The number of non-ortho nitro benzene ring substituents is 1. The molecule has 0 heterocycles. The molecular formula is C20H21BrN6O3. The van der Waals surface area contributed by atoms with Crippen molar-refractivity contribution in [2.45, 2.75) is 27.2 Å². The SMILES string of the molecule is CCC(=O)Nc1cc(N(CC)CC)ccc1N=Nc1c(Br)cc([N+](=O)[O-])cc1C#N. The molecule has 0 saturated heterocycles. The van der Waals surface area contributed by atoms with Gasteiger partial charge in [0.1, 0.15) is 17.4 Å². The largest absolute Gasteiger partial charge is 0.372 e. The molecule has 0 atom stereocenters. The van der Waals surface area contributed by atoms with Gasteiger partial charge < -0.3 is 10.2 Å². The van der Waals surface area contributed by atoms with Crippen LogP contribution in [0.4, 0.5) is 28.4 Å². The van der Waals surface area contributed by atoms with Crippen LogP contribution in [0.15, 0.2) is 45.0 Å². The molecular weight excluding hydrogens is 452 g/mol. The normalized spacial score (nSPS) is 10.6. The second kappa shape index (κ2) is 10.5. The first-order valence-corrected chi connectivity index (χ1v) is 10.1. The lowest BCUT2D eigenvalue weighted by atomic mass is 10.2. The maximum atomic E-state index is 12.0. The first kappa shape index (κ1) is 23.0. The average Bonchev–Trinajstić information content (AvgIpc) is 2.74. The number of hydrogen-bond acceptors (Lipinski definition) is 7. The third-order valence-electron chi connectivity index (χ3n) is 4.34. The summed E-state index contributed by atoms with van der Waals surface area (Å²) in [6.45, 7) is 7.44. The van der Waals surface area contributed by atoms with Crippen molar-refractivity contribution in [2.24, 2.45) is 10.2 Å². The molecule has 0 bridgehead atoms. The van der Waals surface area contributed by atoms with E-state index in [1.165, 1.54) is 6.07 Å². The van der Waals surface area contributed by atoms with E-state index in [9.17, 15) is 20.2 Å². The number of carbonyl (C=O) groups is 1. The minimum absolute atomic E-state index is 0.0127. The van der Waals surface area contributed by atoms with Gasteiger partial charge in [0, 0.05) is 37.3 Å². The second-order valence-electron chi connectivity index (χ2n) is 6.17. The van der Waals surface area contributed by atoms with Crippen LogP contribution in [0.25, 0.3) is 0 Å². The van der Waals surface area contributed by atoms with E-state index in [4.69, 9.17) is 0 Å². The van der Waals surface area contributed by atoms with Gasteiger partial charge in [-0.15, -0.1) is 10.2 Å². The van der Waals surface area contributed by atoms with E-state index in [0.29, 0.717) is 17.8 Å². The molecule has 1 N–H and O–H groups in total. The van der Waals surface area contributed by atoms with Crippen LogP contribution in [0, 0.1) is 21.4 Å².